The maximum Gasteiger partial charge on any atom is 0.253 e. The van der Waals surface area contributed by atoms with Crippen LogP contribution in [0, 0.1) is 0 Å². The van der Waals surface area contributed by atoms with E-state index in [-0.39, 0.29) is 5.91 Å². The fourth-order valence-corrected chi connectivity index (χ4v) is 1.40. The number of amides is 1. The number of hydrogen-bond acceptors (Lipinski definition) is 5. The number of hydrogen-bond donors (Lipinski definition) is 3. The molecule has 1 heterocycles. The summed E-state index contributed by atoms with van der Waals surface area (Å²) in [6.45, 7) is 1.59. The van der Waals surface area contributed by atoms with E-state index in [1.165, 1.54) is 6.20 Å². The van der Waals surface area contributed by atoms with Gasteiger partial charge in [-0.15, -0.1) is 0 Å². The van der Waals surface area contributed by atoms with Crippen LogP contribution in [-0.4, -0.2) is 43.0 Å². The topological polar surface area (TPSA) is 83.3 Å². The number of carbonyl (C=O) groups is 1. The summed E-state index contributed by atoms with van der Waals surface area (Å²) in [5, 5.41) is 2.84. The third kappa shape index (κ3) is 4.38. The normalized spacial score (nSPS) is 10.4. The Bertz CT molecular complexity index is 367. The van der Waals surface area contributed by atoms with Gasteiger partial charge in [0.1, 0.15) is 0 Å². The second-order valence-electron chi connectivity index (χ2n) is 3.98. The van der Waals surface area contributed by atoms with Crippen LogP contribution in [0.25, 0.3) is 0 Å². The molecular weight excluding hydrogens is 218 g/mol. The molecule has 0 saturated heterocycles. The van der Waals surface area contributed by atoms with Crippen molar-refractivity contribution in [1.82, 2.24) is 15.2 Å². The van der Waals surface area contributed by atoms with Gasteiger partial charge in [-0.25, -0.2) is 0 Å². The van der Waals surface area contributed by atoms with E-state index in [0.29, 0.717) is 17.8 Å². The van der Waals surface area contributed by atoms with Crippen LogP contribution in [0.1, 0.15) is 16.8 Å². The molecule has 0 radical (unpaired) electrons. The zero-order chi connectivity index (χ0) is 12.7. The first-order chi connectivity index (χ1) is 8.15. The van der Waals surface area contributed by atoms with Gasteiger partial charge in [0.15, 0.2) is 0 Å². The van der Waals surface area contributed by atoms with E-state index < -0.39 is 0 Å². The molecule has 1 aromatic heterocycles. The molecule has 1 amide bonds. The molecule has 17 heavy (non-hydrogen) atoms. The number of pyridine rings is 1. The zero-order valence-corrected chi connectivity index (χ0v) is 10.2. The summed E-state index contributed by atoms with van der Waals surface area (Å²) >= 11 is 0. The summed E-state index contributed by atoms with van der Waals surface area (Å²) < 4.78 is 0. The molecule has 0 aliphatic heterocycles. The van der Waals surface area contributed by atoms with E-state index in [1.807, 2.05) is 14.1 Å². The molecule has 1 aromatic rings. The Kier molecular flexibility index (Phi) is 5.38. The summed E-state index contributed by atoms with van der Waals surface area (Å²) in [7, 11) is 4.00. The minimum atomic E-state index is -0.140. The highest BCUT2D eigenvalue weighted by Crippen LogP contribution is 2.10. The highest BCUT2D eigenvalue weighted by Gasteiger charge is 2.09. The third-order valence-electron chi connectivity index (χ3n) is 2.29. The molecule has 0 atom stereocenters. The molecule has 0 aliphatic carbocycles. The van der Waals surface area contributed by atoms with E-state index >= 15 is 0 Å². The number of hydrazine groups is 1. The van der Waals surface area contributed by atoms with Gasteiger partial charge in [-0.05, 0) is 33.1 Å². The van der Waals surface area contributed by atoms with Crippen molar-refractivity contribution < 1.29 is 4.79 Å². The molecule has 0 spiro atoms. The molecular formula is C11H19N5O. The summed E-state index contributed by atoms with van der Waals surface area (Å²) in [5.41, 5.74) is 3.49. The number of nitrogens with zero attached hydrogens (tertiary/aromatic N) is 2. The molecule has 94 valence electrons. The molecule has 0 unspecified atom stereocenters. The predicted molar refractivity (Wildman–Crippen MR) is 67.6 cm³/mol. The van der Waals surface area contributed by atoms with Crippen molar-refractivity contribution in [3.8, 4) is 0 Å². The van der Waals surface area contributed by atoms with Gasteiger partial charge in [-0.2, -0.15) is 0 Å². The van der Waals surface area contributed by atoms with Crippen molar-refractivity contribution in [2.45, 2.75) is 6.42 Å². The standard InChI is InChI=1S/C11H19N5O/c1-16(2)7-3-5-14-11(17)9-4-6-13-8-10(9)15-12/h4,6,8,15H,3,5,7,12H2,1-2H3,(H,14,17). The molecule has 0 bridgehead atoms. The maximum atomic E-state index is 11.8. The second-order valence-corrected chi connectivity index (χ2v) is 3.98. The smallest absolute Gasteiger partial charge is 0.253 e. The monoisotopic (exact) mass is 237 g/mol. The number of carbonyl (C=O) groups excluding carboxylic acids is 1. The fraction of sp³-hybridized carbons (Fsp3) is 0.455. The van der Waals surface area contributed by atoms with Gasteiger partial charge in [0.05, 0.1) is 17.4 Å². The lowest BCUT2D eigenvalue weighted by Crippen LogP contribution is -2.28. The van der Waals surface area contributed by atoms with Gasteiger partial charge in [-0.1, -0.05) is 0 Å². The summed E-state index contributed by atoms with van der Waals surface area (Å²) in [6, 6.07) is 1.64. The average Bonchev–Trinajstić information content (AvgIpc) is 2.34. The number of anilines is 1. The van der Waals surface area contributed by atoms with Crippen molar-refractivity contribution in [2.75, 3.05) is 32.6 Å². The number of nitrogens with one attached hydrogen (secondary N) is 2. The van der Waals surface area contributed by atoms with Crippen LogP contribution < -0.4 is 16.6 Å². The molecule has 0 aliphatic rings. The van der Waals surface area contributed by atoms with Crippen molar-refractivity contribution in [3.63, 3.8) is 0 Å². The second kappa shape index (κ2) is 6.82. The molecule has 4 N–H and O–H groups in total. The largest absolute Gasteiger partial charge is 0.352 e. The van der Waals surface area contributed by atoms with Gasteiger partial charge in [0.25, 0.3) is 5.91 Å². The van der Waals surface area contributed by atoms with Crippen LogP contribution in [0.2, 0.25) is 0 Å². The first-order valence-corrected chi connectivity index (χ1v) is 5.48. The van der Waals surface area contributed by atoms with E-state index in [9.17, 15) is 4.79 Å². The minimum absolute atomic E-state index is 0.140. The lowest BCUT2D eigenvalue weighted by atomic mass is 10.2. The Hall–Kier alpha value is -1.66. The molecule has 0 aromatic carbocycles. The lowest BCUT2D eigenvalue weighted by molar-refractivity contribution is 0.0953. The van der Waals surface area contributed by atoms with Crippen LogP contribution >= 0.6 is 0 Å². The zero-order valence-electron chi connectivity index (χ0n) is 10.2. The van der Waals surface area contributed by atoms with Crippen molar-refractivity contribution in [2.24, 2.45) is 5.84 Å². The van der Waals surface area contributed by atoms with E-state index in [0.717, 1.165) is 13.0 Å². The van der Waals surface area contributed by atoms with Gasteiger partial charge in [0.2, 0.25) is 0 Å². The first-order valence-electron chi connectivity index (χ1n) is 5.48. The van der Waals surface area contributed by atoms with Crippen LogP contribution in [0.3, 0.4) is 0 Å². The molecule has 1 rings (SSSR count). The highest BCUT2D eigenvalue weighted by molar-refractivity contribution is 5.99. The fourth-order valence-electron chi connectivity index (χ4n) is 1.40. The minimum Gasteiger partial charge on any atom is -0.352 e. The van der Waals surface area contributed by atoms with Crippen molar-refractivity contribution in [1.29, 1.82) is 0 Å². The predicted octanol–water partition coefficient (Wildman–Crippen LogP) is 0.0487. The van der Waals surface area contributed by atoms with Crippen LogP contribution in [-0.2, 0) is 0 Å². The first kappa shape index (κ1) is 13.4. The molecule has 6 nitrogen and oxygen atoms in total. The van der Waals surface area contributed by atoms with Gasteiger partial charge in [0, 0.05) is 12.7 Å². The van der Waals surface area contributed by atoms with Gasteiger partial charge < -0.3 is 15.6 Å². The summed E-state index contributed by atoms with van der Waals surface area (Å²) in [6.07, 6.45) is 4.00. The number of rotatable bonds is 6. The molecule has 0 fully saturated rings. The Balaban J connectivity index is 2.47. The number of nitrogens with two attached hydrogens (primary N) is 1. The summed E-state index contributed by atoms with van der Waals surface area (Å²) in [4.78, 5) is 17.8. The van der Waals surface area contributed by atoms with Crippen LogP contribution in [0.5, 0.6) is 0 Å². The molecule has 0 saturated carbocycles. The van der Waals surface area contributed by atoms with Gasteiger partial charge >= 0.3 is 0 Å². The quantitative estimate of drug-likeness (QED) is 0.370. The van der Waals surface area contributed by atoms with E-state index in [2.05, 4.69) is 20.6 Å². The Morgan fingerprint density at radius 2 is 2.29 bits per heavy atom. The maximum absolute atomic E-state index is 11.8. The van der Waals surface area contributed by atoms with Crippen molar-refractivity contribution in [3.05, 3.63) is 24.0 Å². The van der Waals surface area contributed by atoms with Crippen LogP contribution in [0.15, 0.2) is 18.5 Å². The van der Waals surface area contributed by atoms with Gasteiger partial charge in [-0.3, -0.25) is 15.6 Å². The lowest BCUT2D eigenvalue weighted by Gasteiger charge is -2.11. The van der Waals surface area contributed by atoms with Crippen LogP contribution in [0.4, 0.5) is 5.69 Å². The van der Waals surface area contributed by atoms with E-state index in [1.54, 1.807) is 12.3 Å². The third-order valence-corrected chi connectivity index (χ3v) is 2.29. The number of aromatic nitrogens is 1. The van der Waals surface area contributed by atoms with Crippen molar-refractivity contribution >= 4 is 11.6 Å². The Labute approximate surface area is 101 Å². The Morgan fingerprint density at radius 3 is 2.94 bits per heavy atom. The highest BCUT2D eigenvalue weighted by atomic mass is 16.1. The molecule has 6 heteroatoms. The SMILES string of the molecule is CN(C)CCCNC(=O)c1ccncc1NN. The summed E-state index contributed by atoms with van der Waals surface area (Å²) in [5.74, 6) is 5.17. The Morgan fingerprint density at radius 1 is 1.53 bits per heavy atom. The van der Waals surface area contributed by atoms with E-state index in [4.69, 9.17) is 5.84 Å². The number of nitrogen functional groups attached to an aromatic ring is 1. The average molecular weight is 237 g/mol.